The molecule has 1 saturated carbocycles. The maximum absolute atomic E-state index is 4.41. The van der Waals surface area contributed by atoms with Gasteiger partial charge in [-0.3, -0.25) is 4.90 Å². The highest BCUT2D eigenvalue weighted by Gasteiger charge is 2.40. The van der Waals surface area contributed by atoms with E-state index in [-0.39, 0.29) is 5.54 Å². The number of nitrogens with zero attached hydrogens (tertiary/aromatic N) is 4. The summed E-state index contributed by atoms with van der Waals surface area (Å²) in [6.45, 7) is 4.21. The second kappa shape index (κ2) is 6.89. The molecule has 1 aromatic carbocycles. The first-order valence-corrected chi connectivity index (χ1v) is 9.21. The number of benzene rings is 1. The third-order valence-electron chi connectivity index (χ3n) is 5.71. The van der Waals surface area contributed by atoms with Crippen molar-refractivity contribution >= 4 is 5.95 Å². The molecule has 2 heterocycles. The van der Waals surface area contributed by atoms with Gasteiger partial charge in [0.15, 0.2) is 0 Å². The van der Waals surface area contributed by atoms with Crippen LogP contribution in [0.1, 0.15) is 37.7 Å². The zero-order chi connectivity index (χ0) is 16.2. The second-order valence-electron chi connectivity index (χ2n) is 6.98. The molecule has 0 unspecified atom stereocenters. The minimum Gasteiger partial charge on any atom is -0.338 e. The highest BCUT2D eigenvalue weighted by molar-refractivity contribution is 5.31. The number of piperazine rings is 1. The van der Waals surface area contributed by atoms with E-state index in [1.807, 2.05) is 18.5 Å². The van der Waals surface area contributed by atoms with E-state index in [9.17, 15) is 0 Å². The fraction of sp³-hybridized carbons (Fsp3) is 0.500. The lowest BCUT2D eigenvalue weighted by Gasteiger charge is -2.50. The van der Waals surface area contributed by atoms with Crippen LogP contribution in [0.4, 0.5) is 5.95 Å². The minimum absolute atomic E-state index is 0.239. The van der Waals surface area contributed by atoms with Gasteiger partial charge in [-0.15, -0.1) is 0 Å². The number of hydrogen-bond donors (Lipinski definition) is 0. The topological polar surface area (TPSA) is 32.3 Å². The number of rotatable bonds is 3. The van der Waals surface area contributed by atoms with E-state index in [4.69, 9.17) is 0 Å². The lowest BCUT2D eigenvalue weighted by atomic mass is 9.75. The van der Waals surface area contributed by atoms with Crippen LogP contribution in [-0.2, 0) is 5.54 Å². The summed E-state index contributed by atoms with van der Waals surface area (Å²) in [6, 6.07) is 13.1. The standard InChI is InChI=1S/C20H26N4/c1-3-8-18(9-4-1)20(10-5-2-6-11-20)24-16-14-23(15-17-24)19-21-12-7-13-22-19/h1,3-4,7-9,12-13H,2,5-6,10-11,14-17H2. The molecule has 24 heavy (non-hydrogen) atoms. The van der Waals surface area contributed by atoms with Gasteiger partial charge in [0.1, 0.15) is 0 Å². The van der Waals surface area contributed by atoms with Crippen molar-refractivity contribution < 1.29 is 0 Å². The normalized spacial score (nSPS) is 21.6. The zero-order valence-electron chi connectivity index (χ0n) is 14.3. The van der Waals surface area contributed by atoms with Gasteiger partial charge in [-0.25, -0.2) is 9.97 Å². The maximum Gasteiger partial charge on any atom is 0.225 e. The van der Waals surface area contributed by atoms with Crippen LogP contribution in [-0.4, -0.2) is 41.0 Å². The summed E-state index contributed by atoms with van der Waals surface area (Å²) >= 11 is 0. The fourth-order valence-corrected chi connectivity index (χ4v) is 4.46. The molecule has 0 atom stereocenters. The largest absolute Gasteiger partial charge is 0.338 e. The molecular weight excluding hydrogens is 296 g/mol. The van der Waals surface area contributed by atoms with E-state index in [2.05, 4.69) is 50.1 Å². The van der Waals surface area contributed by atoms with Crippen LogP contribution < -0.4 is 4.90 Å². The highest BCUT2D eigenvalue weighted by Crippen LogP contribution is 2.42. The molecule has 0 N–H and O–H groups in total. The summed E-state index contributed by atoms with van der Waals surface area (Å²) in [7, 11) is 0. The summed E-state index contributed by atoms with van der Waals surface area (Å²) in [5.41, 5.74) is 1.75. The summed E-state index contributed by atoms with van der Waals surface area (Å²) in [5, 5.41) is 0. The van der Waals surface area contributed by atoms with E-state index in [0.29, 0.717) is 0 Å². The van der Waals surface area contributed by atoms with Gasteiger partial charge < -0.3 is 4.90 Å². The molecular formula is C20H26N4. The Labute approximate surface area is 144 Å². The van der Waals surface area contributed by atoms with Gasteiger partial charge in [0, 0.05) is 44.1 Å². The summed E-state index contributed by atoms with van der Waals surface area (Å²) in [6.07, 6.45) is 10.3. The van der Waals surface area contributed by atoms with Crippen LogP contribution in [0.15, 0.2) is 48.8 Å². The van der Waals surface area contributed by atoms with E-state index >= 15 is 0 Å². The van der Waals surface area contributed by atoms with Gasteiger partial charge in [0.25, 0.3) is 0 Å². The van der Waals surface area contributed by atoms with E-state index in [0.717, 1.165) is 32.1 Å². The first kappa shape index (κ1) is 15.6. The van der Waals surface area contributed by atoms with Crippen LogP contribution in [0.25, 0.3) is 0 Å². The lowest BCUT2D eigenvalue weighted by Crippen LogP contribution is -2.56. The van der Waals surface area contributed by atoms with Gasteiger partial charge in [-0.1, -0.05) is 49.6 Å². The summed E-state index contributed by atoms with van der Waals surface area (Å²) in [5.74, 6) is 0.870. The molecule has 0 amide bonds. The lowest BCUT2D eigenvalue weighted by molar-refractivity contribution is 0.0414. The molecule has 0 radical (unpaired) electrons. The Kier molecular flexibility index (Phi) is 4.48. The molecule has 0 bridgehead atoms. The number of hydrogen-bond acceptors (Lipinski definition) is 4. The fourth-order valence-electron chi connectivity index (χ4n) is 4.46. The Balaban J connectivity index is 1.53. The van der Waals surface area contributed by atoms with Crippen molar-refractivity contribution in [2.24, 2.45) is 0 Å². The minimum atomic E-state index is 0.239. The van der Waals surface area contributed by atoms with Crippen LogP contribution in [0.5, 0.6) is 0 Å². The van der Waals surface area contributed by atoms with E-state index in [1.54, 1.807) is 0 Å². The Bertz CT molecular complexity index is 629. The molecule has 4 rings (SSSR count). The monoisotopic (exact) mass is 322 g/mol. The highest BCUT2D eigenvalue weighted by atomic mass is 15.3. The van der Waals surface area contributed by atoms with Gasteiger partial charge in [0.05, 0.1) is 0 Å². The summed E-state index contributed by atoms with van der Waals surface area (Å²) < 4.78 is 0. The SMILES string of the molecule is c1ccc(C2(N3CCN(c4ncccn4)CC3)CCCCC2)cc1. The average Bonchev–Trinajstić information content (AvgIpc) is 2.70. The quantitative estimate of drug-likeness (QED) is 0.866. The Morgan fingerprint density at radius 3 is 2.08 bits per heavy atom. The molecule has 1 saturated heterocycles. The molecule has 0 spiro atoms. The predicted molar refractivity (Wildman–Crippen MR) is 97.0 cm³/mol. The Morgan fingerprint density at radius 2 is 1.42 bits per heavy atom. The molecule has 2 fully saturated rings. The molecule has 4 heteroatoms. The van der Waals surface area contributed by atoms with Gasteiger partial charge in [-0.2, -0.15) is 0 Å². The van der Waals surface area contributed by atoms with Crippen molar-refractivity contribution in [1.82, 2.24) is 14.9 Å². The molecule has 4 nitrogen and oxygen atoms in total. The molecule has 1 aromatic heterocycles. The maximum atomic E-state index is 4.41. The Hall–Kier alpha value is -1.94. The van der Waals surface area contributed by atoms with Crippen molar-refractivity contribution in [2.45, 2.75) is 37.6 Å². The average molecular weight is 322 g/mol. The second-order valence-corrected chi connectivity index (χ2v) is 6.98. The van der Waals surface area contributed by atoms with Crippen LogP contribution in [0, 0.1) is 0 Å². The smallest absolute Gasteiger partial charge is 0.225 e. The van der Waals surface area contributed by atoms with Gasteiger partial charge >= 0.3 is 0 Å². The van der Waals surface area contributed by atoms with Crippen LogP contribution >= 0.6 is 0 Å². The molecule has 1 aliphatic heterocycles. The number of anilines is 1. The third-order valence-corrected chi connectivity index (χ3v) is 5.71. The van der Waals surface area contributed by atoms with Crippen LogP contribution in [0.2, 0.25) is 0 Å². The van der Waals surface area contributed by atoms with Gasteiger partial charge in [0.2, 0.25) is 5.95 Å². The van der Waals surface area contributed by atoms with Crippen LogP contribution in [0.3, 0.4) is 0 Å². The predicted octanol–water partition coefficient (Wildman–Crippen LogP) is 3.46. The van der Waals surface area contributed by atoms with Crippen molar-refractivity contribution in [3.05, 3.63) is 54.4 Å². The van der Waals surface area contributed by atoms with Crippen molar-refractivity contribution in [1.29, 1.82) is 0 Å². The summed E-state index contributed by atoms with van der Waals surface area (Å²) in [4.78, 5) is 13.9. The zero-order valence-corrected chi connectivity index (χ0v) is 14.3. The van der Waals surface area contributed by atoms with E-state index in [1.165, 1.54) is 37.7 Å². The van der Waals surface area contributed by atoms with Gasteiger partial charge in [-0.05, 0) is 24.5 Å². The van der Waals surface area contributed by atoms with Crippen molar-refractivity contribution in [3.8, 4) is 0 Å². The number of aromatic nitrogens is 2. The first-order valence-electron chi connectivity index (χ1n) is 9.21. The van der Waals surface area contributed by atoms with Crippen molar-refractivity contribution in [3.63, 3.8) is 0 Å². The van der Waals surface area contributed by atoms with E-state index < -0.39 is 0 Å². The molecule has 2 aromatic rings. The molecule has 1 aliphatic carbocycles. The Morgan fingerprint density at radius 1 is 0.750 bits per heavy atom. The third kappa shape index (κ3) is 2.91. The first-order chi connectivity index (χ1) is 11.9. The molecule has 126 valence electrons. The van der Waals surface area contributed by atoms with Crippen molar-refractivity contribution in [2.75, 3.05) is 31.1 Å². The molecule has 2 aliphatic rings.